The number of nitrogens with one attached hydrogen (secondary N) is 1. The van der Waals surface area contributed by atoms with E-state index in [4.69, 9.17) is 9.47 Å². The van der Waals surface area contributed by atoms with Gasteiger partial charge in [0.15, 0.2) is 11.6 Å². The molecule has 1 N–H and O–H groups in total. The number of rotatable bonds is 12. The van der Waals surface area contributed by atoms with Gasteiger partial charge in [-0.1, -0.05) is 12.5 Å². The summed E-state index contributed by atoms with van der Waals surface area (Å²) >= 11 is 0. The minimum atomic E-state index is -3.61. The molecule has 1 heterocycles. The van der Waals surface area contributed by atoms with E-state index in [2.05, 4.69) is 4.72 Å². The quantitative estimate of drug-likeness (QED) is 0.314. The fourth-order valence-electron chi connectivity index (χ4n) is 3.77. The average Bonchev–Trinajstić information content (AvgIpc) is 3.55. The molecule has 0 bridgehead atoms. The maximum absolute atomic E-state index is 14.0. The predicted octanol–water partition coefficient (Wildman–Crippen LogP) is 3.96. The van der Waals surface area contributed by atoms with Gasteiger partial charge in [0, 0.05) is 12.6 Å². The van der Waals surface area contributed by atoms with Crippen LogP contribution in [0, 0.1) is 11.7 Å². The van der Waals surface area contributed by atoms with E-state index >= 15 is 0 Å². The smallest absolute Gasteiger partial charge is 0.425 e. The number of carbonyl (C=O) groups excluding carboxylic acids is 3. The molecule has 2 fully saturated rings. The Kier molecular flexibility index (Phi) is 9.17. The number of halogens is 1. The second-order valence-corrected chi connectivity index (χ2v) is 12.5. The maximum atomic E-state index is 14.0. The molecule has 12 heteroatoms. The number of hydrogen-bond acceptors (Lipinski definition) is 7. The predicted molar refractivity (Wildman–Crippen MR) is 134 cm³/mol. The van der Waals surface area contributed by atoms with E-state index in [9.17, 15) is 27.2 Å². The van der Waals surface area contributed by atoms with Crippen LogP contribution in [0.1, 0.15) is 71.4 Å². The van der Waals surface area contributed by atoms with Crippen molar-refractivity contribution in [2.75, 3.05) is 25.4 Å². The topological polar surface area (TPSA) is 122 Å². The number of benzene rings is 1. The van der Waals surface area contributed by atoms with Crippen LogP contribution in [-0.2, 0) is 19.6 Å². The number of imide groups is 3. The van der Waals surface area contributed by atoms with Gasteiger partial charge in [-0.3, -0.25) is 4.79 Å². The van der Waals surface area contributed by atoms with Crippen molar-refractivity contribution in [1.29, 1.82) is 0 Å². The molecular weight excluding hydrogens is 505 g/mol. The SMILES string of the molecule is C[C@@H](NS(=O)(=O)CCCCCN1CC(=O)N(C(=O)OC(C)(C)C)C1=O)c1ccc(F)c(OCC2CC2)c1. The van der Waals surface area contributed by atoms with Crippen LogP contribution < -0.4 is 9.46 Å². The normalized spacial score (nSPS) is 17.3. The number of unbranched alkanes of at least 4 members (excludes halogenated alkanes) is 2. The van der Waals surface area contributed by atoms with Crippen LogP contribution in [0.4, 0.5) is 14.0 Å². The molecule has 37 heavy (non-hydrogen) atoms. The Morgan fingerprint density at radius 2 is 1.89 bits per heavy atom. The van der Waals surface area contributed by atoms with Gasteiger partial charge in [-0.15, -0.1) is 0 Å². The Morgan fingerprint density at radius 3 is 2.54 bits per heavy atom. The molecule has 206 valence electrons. The number of nitrogens with zero attached hydrogens (tertiary/aromatic N) is 2. The molecule has 1 saturated carbocycles. The van der Waals surface area contributed by atoms with Crippen LogP contribution in [0.25, 0.3) is 0 Å². The molecule has 0 radical (unpaired) electrons. The molecule has 1 aromatic rings. The summed E-state index contributed by atoms with van der Waals surface area (Å²) in [5.74, 6) is -0.670. The van der Waals surface area contributed by atoms with Gasteiger partial charge < -0.3 is 14.4 Å². The summed E-state index contributed by atoms with van der Waals surface area (Å²) in [7, 11) is -3.61. The highest BCUT2D eigenvalue weighted by atomic mass is 32.2. The van der Waals surface area contributed by atoms with Gasteiger partial charge in [0.1, 0.15) is 12.1 Å². The van der Waals surface area contributed by atoms with E-state index in [1.54, 1.807) is 27.7 Å². The summed E-state index contributed by atoms with van der Waals surface area (Å²) in [4.78, 5) is 38.4. The third kappa shape index (κ3) is 8.67. The minimum Gasteiger partial charge on any atom is -0.490 e. The minimum absolute atomic E-state index is 0.121. The highest BCUT2D eigenvalue weighted by molar-refractivity contribution is 7.89. The number of urea groups is 1. The zero-order chi connectivity index (χ0) is 27.4. The zero-order valence-electron chi connectivity index (χ0n) is 21.8. The van der Waals surface area contributed by atoms with Gasteiger partial charge in [-0.25, -0.2) is 27.1 Å². The van der Waals surface area contributed by atoms with E-state index < -0.39 is 45.5 Å². The summed E-state index contributed by atoms with van der Waals surface area (Å²) in [6.45, 7) is 7.04. The summed E-state index contributed by atoms with van der Waals surface area (Å²) in [5.41, 5.74) is -0.243. The van der Waals surface area contributed by atoms with Crippen molar-refractivity contribution >= 4 is 28.1 Å². The standard InChI is InChI=1S/C25H36FN3O7S/c1-17(19-10-11-20(26)21(14-19)35-16-18-8-9-18)27-37(33,34)13-7-5-6-12-28-15-22(30)29(23(28)31)24(32)36-25(2,3)4/h10-11,14,17-18,27H,5-9,12-13,15-16H2,1-4H3/t17-/m1/s1. The largest absolute Gasteiger partial charge is 0.490 e. The number of ether oxygens (including phenoxy) is 2. The van der Waals surface area contributed by atoms with Gasteiger partial charge in [-0.2, -0.15) is 4.90 Å². The third-order valence-electron chi connectivity index (χ3n) is 5.94. The number of carbonyl (C=O) groups is 3. The van der Waals surface area contributed by atoms with E-state index in [1.807, 2.05) is 0 Å². The summed E-state index contributed by atoms with van der Waals surface area (Å²) in [6.07, 6.45) is 2.45. The van der Waals surface area contributed by atoms with E-state index in [0.717, 1.165) is 12.8 Å². The summed E-state index contributed by atoms with van der Waals surface area (Å²) < 4.78 is 52.4. The molecule has 0 spiro atoms. The lowest BCUT2D eigenvalue weighted by molar-refractivity contribution is -0.124. The molecule has 10 nitrogen and oxygen atoms in total. The van der Waals surface area contributed by atoms with Crippen LogP contribution >= 0.6 is 0 Å². The summed E-state index contributed by atoms with van der Waals surface area (Å²) in [6, 6.07) is 3.03. The van der Waals surface area contributed by atoms with Crippen LogP contribution in [0.5, 0.6) is 5.75 Å². The Bertz CT molecular complexity index is 1120. The first-order chi connectivity index (χ1) is 17.3. The van der Waals surface area contributed by atoms with Gasteiger partial charge in [-0.05, 0) is 77.0 Å². The van der Waals surface area contributed by atoms with Crippen LogP contribution in [0.2, 0.25) is 0 Å². The van der Waals surface area contributed by atoms with E-state index in [0.29, 0.717) is 42.3 Å². The Labute approximate surface area is 217 Å². The Morgan fingerprint density at radius 1 is 1.19 bits per heavy atom. The van der Waals surface area contributed by atoms with Gasteiger partial charge >= 0.3 is 12.1 Å². The van der Waals surface area contributed by atoms with Crippen molar-refractivity contribution in [2.24, 2.45) is 5.92 Å². The second-order valence-electron chi connectivity index (χ2n) is 10.6. The maximum Gasteiger partial charge on any atom is 0.425 e. The third-order valence-corrected chi connectivity index (χ3v) is 7.48. The molecule has 1 atom stereocenters. The number of sulfonamides is 1. The lowest BCUT2D eigenvalue weighted by atomic mass is 10.1. The average molecular weight is 542 g/mol. The van der Waals surface area contributed by atoms with Crippen molar-refractivity contribution in [1.82, 2.24) is 14.5 Å². The first-order valence-corrected chi connectivity index (χ1v) is 14.2. The lowest BCUT2D eigenvalue weighted by Crippen LogP contribution is -2.41. The first kappa shape index (κ1) is 28.8. The molecule has 1 saturated heterocycles. The molecule has 1 aliphatic carbocycles. The molecular formula is C25H36FN3O7S. The Balaban J connectivity index is 1.41. The van der Waals surface area contributed by atoms with Crippen molar-refractivity contribution in [3.63, 3.8) is 0 Å². The van der Waals surface area contributed by atoms with Crippen LogP contribution in [0.3, 0.4) is 0 Å². The molecule has 4 amide bonds. The number of hydrogen-bond donors (Lipinski definition) is 1. The molecule has 1 aliphatic heterocycles. The van der Waals surface area contributed by atoms with E-state index in [-0.39, 0.29) is 24.6 Å². The van der Waals surface area contributed by atoms with Crippen molar-refractivity contribution in [2.45, 2.75) is 71.4 Å². The highest BCUT2D eigenvalue weighted by Crippen LogP contribution is 2.31. The molecule has 0 aromatic heterocycles. The Hall–Kier alpha value is -2.73. The fraction of sp³-hybridized carbons (Fsp3) is 0.640. The molecule has 3 rings (SSSR count). The monoisotopic (exact) mass is 541 g/mol. The van der Waals surface area contributed by atoms with Gasteiger partial charge in [0.2, 0.25) is 10.0 Å². The van der Waals surface area contributed by atoms with Gasteiger partial charge in [0.25, 0.3) is 5.91 Å². The highest BCUT2D eigenvalue weighted by Gasteiger charge is 2.42. The van der Waals surface area contributed by atoms with E-state index in [1.165, 1.54) is 23.1 Å². The van der Waals surface area contributed by atoms with Crippen molar-refractivity contribution < 1.29 is 36.7 Å². The zero-order valence-corrected chi connectivity index (χ0v) is 22.6. The fourth-order valence-corrected chi connectivity index (χ4v) is 5.15. The summed E-state index contributed by atoms with van der Waals surface area (Å²) in [5, 5.41) is 0. The molecule has 0 unspecified atom stereocenters. The van der Waals surface area contributed by atoms with Gasteiger partial charge in [0.05, 0.1) is 12.4 Å². The van der Waals surface area contributed by atoms with Crippen LogP contribution in [0.15, 0.2) is 18.2 Å². The first-order valence-electron chi connectivity index (χ1n) is 12.5. The van der Waals surface area contributed by atoms with Crippen molar-refractivity contribution in [3.8, 4) is 5.75 Å². The molecule has 2 aliphatic rings. The lowest BCUT2D eigenvalue weighted by Gasteiger charge is -2.22. The number of amides is 4. The van der Waals surface area contributed by atoms with Crippen molar-refractivity contribution in [3.05, 3.63) is 29.6 Å². The van der Waals surface area contributed by atoms with Crippen LogP contribution in [-0.4, -0.2) is 67.3 Å². The second kappa shape index (κ2) is 11.8. The molecule has 1 aromatic carbocycles.